The molecule has 0 spiro atoms. The van der Waals surface area contributed by atoms with Crippen molar-refractivity contribution in [1.82, 2.24) is 0 Å². The van der Waals surface area contributed by atoms with Crippen LogP contribution in [0, 0.1) is 16.0 Å². The number of hydrogen-bond donors (Lipinski definition) is 1. The highest BCUT2D eigenvalue weighted by molar-refractivity contribution is 6.01. The van der Waals surface area contributed by atoms with Crippen LogP contribution in [-0.4, -0.2) is 49.6 Å². The Balaban J connectivity index is 1.63. The molecular formula is C22H23N3O8. The monoisotopic (exact) mass is 457 g/mol. The lowest BCUT2D eigenvalue weighted by molar-refractivity contribution is -0.384. The highest BCUT2D eigenvalue weighted by Crippen LogP contribution is 2.36. The minimum atomic E-state index is -1.17. The molecule has 1 aliphatic rings. The van der Waals surface area contributed by atoms with Crippen LogP contribution in [0.15, 0.2) is 42.5 Å². The van der Waals surface area contributed by atoms with Crippen LogP contribution in [-0.2, 0) is 19.1 Å². The quantitative estimate of drug-likeness (QED) is 0.363. The molecule has 2 aromatic carbocycles. The van der Waals surface area contributed by atoms with Gasteiger partial charge in [-0.25, -0.2) is 0 Å². The molecule has 2 amide bonds. The molecule has 0 aromatic heterocycles. The van der Waals surface area contributed by atoms with E-state index >= 15 is 0 Å². The Hall–Kier alpha value is -4.15. The van der Waals surface area contributed by atoms with Crippen LogP contribution in [0.3, 0.4) is 0 Å². The number of non-ortho nitro benzene ring substituents is 1. The molecule has 0 radical (unpaired) electrons. The highest BCUT2D eigenvalue weighted by Gasteiger charge is 2.38. The predicted molar refractivity (Wildman–Crippen MR) is 117 cm³/mol. The van der Waals surface area contributed by atoms with E-state index in [-0.39, 0.29) is 30.2 Å². The smallest absolute Gasteiger partial charge is 0.312 e. The van der Waals surface area contributed by atoms with Crippen LogP contribution < -0.4 is 19.7 Å². The van der Waals surface area contributed by atoms with E-state index < -0.39 is 28.8 Å². The van der Waals surface area contributed by atoms with E-state index in [0.717, 1.165) is 0 Å². The van der Waals surface area contributed by atoms with E-state index in [1.807, 2.05) is 0 Å². The fraction of sp³-hybridized carbons (Fsp3) is 0.318. The van der Waals surface area contributed by atoms with Gasteiger partial charge in [0.2, 0.25) is 5.91 Å². The summed E-state index contributed by atoms with van der Waals surface area (Å²) in [5, 5.41) is 13.3. The SMILES string of the molecule is COc1ccc(N2CC(C(=O)OC(C)C(=O)Nc3cccc([N+](=O)[O-])c3)CC2=O)c(OC)c1. The van der Waals surface area contributed by atoms with E-state index in [9.17, 15) is 24.5 Å². The molecule has 2 aromatic rings. The van der Waals surface area contributed by atoms with E-state index in [2.05, 4.69) is 5.32 Å². The van der Waals surface area contributed by atoms with Crippen LogP contribution >= 0.6 is 0 Å². The standard InChI is InChI=1S/C22H23N3O8/c1-13(21(27)23-15-5-4-6-16(10-15)25(29)30)33-22(28)14-9-20(26)24(12-14)18-8-7-17(31-2)11-19(18)32-3/h4-8,10-11,13-14H,9,12H2,1-3H3,(H,23,27). The maximum Gasteiger partial charge on any atom is 0.312 e. The second-order valence-corrected chi connectivity index (χ2v) is 7.32. The molecule has 1 aliphatic heterocycles. The Morgan fingerprint density at radius 3 is 2.61 bits per heavy atom. The van der Waals surface area contributed by atoms with Gasteiger partial charge in [-0.05, 0) is 25.1 Å². The number of nitro benzene ring substituents is 1. The summed E-state index contributed by atoms with van der Waals surface area (Å²) in [7, 11) is 2.98. The molecule has 2 atom stereocenters. The summed E-state index contributed by atoms with van der Waals surface area (Å²) >= 11 is 0. The Labute approximate surface area is 189 Å². The van der Waals surface area contributed by atoms with Gasteiger partial charge >= 0.3 is 5.97 Å². The molecule has 3 rings (SSSR count). The van der Waals surface area contributed by atoms with Crippen LogP contribution in [0.1, 0.15) is 13.3 Å². The topological polar surface area (TPSA) is 137 Å². The fourth-order valence-electron chi connectivity index (χ4n) is 3.37. The summed E-state index contributed by atoms with van der Waals surface area (Å²) in [6, 6.07) is 10.4. The second-order valence-electron chi connectivity index (χ2n) is 7.32. The number of ether oxygens (including phenoxy) is 3. The first-order chi connectivity index (χ1) is 15.7. The number of nitro groups is 1. The van der Waals surface area contributed by atoms with Crippen molar-refractivity contribution >= 4 is 34.8 Å². The van der Waals surface area contributed by atoms with Gasteiger partial charge in [0.25, 0.3) is 11.6 Å². The highest BCUT2D eigenvalue weighted by atomic mass is 16.6. The number of anilines is 2. The molecule has 174 valence electrons. The summed E-state index contributed by atoms with van der Waals surface area (Å²) in [5.74, 6) is -1.42. The first kappa shape index (κ1) is 23.5. The van der Waals surface area contributed by atoms with Crippen molar-refractivity contribution in [2.24, 2.45) is 5.92 Å². The van der Waals surface area contributed by atoms with Gasteiger partial charge in [0, 0.05) is 36.9 Å². The van der Waals surface area contributed by atoms with Gasteiger partial charge in [-0.15, -0.1) is 0 Å². The van der Waals surface area contributed by atoms with E-state index in [4.69, 9.17) is 14.2 Å². The van der Waals surface area contributed by atoms with Crippen LogP contribution in [0.4, 0.5) is 17.1 Å². The number of esters is 1. The third kappa shape index (κ3) is 5.37. The molecule has 0 saturated carbocycles. The number of carbonyl (C=O) groups excluding carboxylic acids is 3. The van der Waals surface area contributed by atoms with Crippen LogP contribution in [0.2, 0.25) is 0 Å². The van der Waals surface area contributed by atoms with Crippen LogP contribution in [0.25, 0.3) is 0 Å². The molecule has 11 nitrogen and oxygen atoms in total. The fourth-order valence-corrected chi connectivity index (χ4v) is 3.37. The minimum Gasteiger partial charge on any atom is -0.497 e. The van der Waals surface area contributed by atoms with Gasteiger partial charge in [-0.2, -0.15) is 0 Å². The molecule has 33 heavy (non-hydrogen) atoms. The predicted octanol–water partition coefficient (Wildman–Crippen LogP) is 2.54. The van der Waals surface area contributed by atoms with E-state index in [1.54, 1.807) is 18.2 Å². The Morgan fingerprint density at radius 2 is 1.94 bits per heavy atom. The summed E-state index contributed by atoms with van der Waals surface area (Å²) in [4.78, 5) is 49.3. The second kappa shape index (κ2) is 9.98. The minimum absolute atomic E-state index is 0.0690. The average molecular weight is 457 g/mol. The zero-order valence-electron chi connectivity index (χ0n) is 18.3. The number of carbonyl (C=O) groups is 3. The zero-order valence-corrected chi connectivity index (χ0v) is 18.3. The molecule has 1 N–H and O–H groups in total. The normalized spacial score (nSPS) is 16.2. The summed E-state index contributed by atoms with van der Waals surface area (Å²) in [5.41, 5.74) is 0.511. The summed E-state index contributed by atoms with van der Waals surface area (Å²) in [6.45, 7) is 1.45. The van der Waals surface area contributed by atoms with E-state index in [1.165, 1.54) is 50.3 Å². The van der Waals surface area contributed by atoms with Crippen molar-refractivity contribution < 1.29 is 33.5 Å². The lowest BCUT2D eigenvalue weighted by Gasteiger charge is -2.20. The third-order valence-corrected chi connectivity index (χ3v) is 5.12. The van der Waals surface area contributed by atoms with Crippen molar-refractivity contribution in [3.8, 4) is 11.5 Å². The summed E-state index contributed by atoms with van der Waals surface area (Å²) < 4.78 is 15.8. The number of nitrogens with zero attached hydrogens (tertiary/aromatic N) is 2. The number of methoxy groups -OCH3 is 2. The molecule has 1 fully saturated rings. The number of rotatable bonds is 8. The Kier molecular flexibility index (Phi) is 7.11. The molecule has 1 heterocycles. The van der Waals surface area contributed by atoms with Gasteiger partial charge in [-0.1, -0.05) is 6.07 Å². The van der Waals surface area contributed by atoms with Gasteiger partial charge in [0.15, 0.2) is 6.10 Å². The Bertz CT molecular complexity index is 1090. The van der Waals surface area contributed by atoms with E-state index in [0.29, 0.717) is 17.2 Å². The number of nitrogens with one attached hydrogen (secondary N) is 1. The zero-order chi connectivity index (χ0) is 24.1. The van der Waals surface area contributed by atoms with Gasteiger partial charge in [0.1, 0.15) is 11.5 Å². The van der Waals surface area contributed by atoms with Crippen molar-refractivity contribution in [2.75, 3.05) is 31.0 Å². The first-order valence-corrected chi connectivity index (χ1v) is 10.0. The largest absolute Gasteiger partial charge is 0.497 e. The van der Waals surface area contributed by atoms with Crippen molar-refractivity contribution in [1.29, 1.82) is 0 Å². The number of benzene rings is 2. The first-order valence-electron chi connectivity index (χ1n) is 10.0. The van der Waals surface area contributed by atoms with Gasteiger partial charge in [0.05, 0.1) is 30.7 Å². The Morgan fingerprint density at radius 1 is 1.18 bits per heavy atom. The summed E-state index contributed by atoms with van der Waals surface area (Å²) in [6.07, 6.45) is -1.25. The van der Waals surface area contributed by atoms with Gasteiger partial charge in [-0.3, -0.25) is 24.5 Å². The number of hydrogen-bond acceptors (Lipinski definition) is 8. The molecule has 0 aliphatic carbocycles. The molecular weight excluding hydrogens is 434 g/mol. The van der Waals surface area contributed by atoms with Crippen molar-refractivity contribution in [3.05, 3.63) is 52.6 Å². The number of amides is 2. The van der Waals surface area contributed by atoms with Crippen molar-refractivity contribution in [2.45, 2.75) is 19.4 Å². The molecule has 11 heteroatoms. The molecule has 1 saturated heterocycles. The molecule has 2 unspecified atom stereocenters. The maximum absolute atomic E-state index is 12.6. The lowest BCUT2D eigenvalue weighted by atomic mass is 10.1. The lowest BCUT2D eigenvalue weighted by Crippen LogP contribution is -2.33. The maximum atomic E-state index is 12.6. The molecule has 0 bridgehead atoms. The van der Waals surface area contributed by atoms with Crippen LogP contribution in [0.5, 0.6) is 11.5 Å². The average Bonchev–Trinajstić information content (AvgIpc) is 3.20. The van der Waals surface area contributed by atoms with Crippen molar-refractivity contribution in [3.63, 3.8) is 0 Å². The third-order valence-electron chi connectivity index (χ3n) is 5.12. The van der Waals surface area contributed by atoms with Gasteiger partial charge < -0.3 is 24.4 Å².